The van der Waals surface area contributed by atoms with E-state index in [1.165, 1.54) is 0 Å². The molecule has 0 amide bonds. The van der Waals surface area contributed by atoms with Crippen LogP contribution >= 0.6 is 0 Å². The van der Waals surface area contributed by atoms with Gasteiger partial charge in [0.1, 0.15) is 5.76 Å². The first-order valence-corrected chi connectivity index (χ1v) is 7.25. The van der Waals surface area contributed by atoms with Crippen LogP contribution in [-0.2, 0) is 19.6 Å². The summed E-state index contributed by atoms with van der Waals surface area (Å²) in [6, 6.07) is 10.4. The van der Waals surface area contributed by atoms with Crippen LogP contribution in [0, 0.1) is 0 Å². The average molecular weight is 349 g/mol. The van der Waals surface area contributed by atoms with E-state index < -0.39 is 5.97 Å². The molecule has 0 spiro atoms. The van der Waals surface area contributed by atoms with Gasteiger partial charge in [-0.05, 0) is 23.3 Å². The van der Waals surface area contributed by atoms with E-state index in [2.05, 4.69) is 10.3 Å². The number of carbonyl (C=O) groups is 1. The third kappa shape index (κ3) is 5.40. The van der Waals surface area contributed by atoms with Crippen LogP contribution in [0.4, 0.5) is 0 Å². The molecule has 118 valence electrons. The normalized spacial score (nSPS) is 10.3. The van der Waals surface area contributed by atoms with Gasteiger partial charge in [-0.1, -0.05) is 24.3 Å². The Bertz CT molecular complexity index is 767. The van der Waals surface area contributed by atoms with Crippen molar-refractivity contribution in [1.29, 1.82) is 0 Å². The van der Waals surface area contributed by atoms with Crippen molar-refractivity contribution in [3.8, 4) is 0 Å². The topological polar surface area (TPSA) is 83.1 Å². The van der Waals surface area contributed by atoms with Crippen LogP contribution in [0.2, 0.25) is 0 Å². The van der Waals surface area contributed by atoms with Gasteiger partial charge < -0.3 is 24.2 Å². The number of rotatable bonds is 7. The van der Waals surface area contributed by atoms with E-state index in [0.717, 1.165) is 17.0 Å². The number of nitrogens with one attached hydrogen (secondary N) is 1. The van der Waals surface area contributed by atoms with Crippen LogP contribution in [-0.4, -0.2) is 15.5 Å². The van der Waals surface area contributed by atoms with Crippen molar-refractivity contribution in [3.63, 3.8) is 0 Å². The first-order chi connectivity index (χ1) is 11.2. The molecule has 2 aromatic heterocycles. The van der Waals surface area contributed by atoms with Gasteiger partial charge in [-0.2, -0.15) is 0 Å². The summed E-state index contributed by atoms with van der Waals surface area (Å²) < 4.78 is 7.20. The van der Waals surface area contributed by atoms with E-state index >= 15 is 0 Å². The fraction of sp³-hybridized carbons (Fsp3) is 0.176. The predicted octanol–water partition coefficient (Wildman–Crippen LogP) is -1.82. The average Bonchev–Trinajstić information content (AvgIpc) is 3.20. The summed E-state index contributed by atoms with van der Waals surface area (Å²) in [7, 11) is 0. The van der Waals surface area contributed by atoms with E-state index in [1.807, 2.05) is 22.9 Å². The third-order valence-corrected chi connectivity index (χ3v) is 3.43. The summed E-state index contributed by atoms with van der Waals surface area (Å²) in [5, 5.41) is 14.0. The number of aromatic carboxylic acids is 1. The van der Waals surface area contributed by atoms with Crippen molar-refractivity contribution in [2.45, 2.75) is 19.6 Å². The molecule has 0 atom stereocenters. The molecule has 24 heavy (non-hydrogen) atoms. The maximum atomic E-state index is 10.7. The Morgan fingerprint density at radius 1 is 1.21 bits per heavy atom. The van der Waals surface area contributed by atoms with Gasteiger partial charge in [-0.25, -0.2) is 4.98 Å². The summed E-state index contributed by atoms with van der Waals surface area (Å²) >= 11 is 0. The Kier molecular flexibility index (Phi) is 7.41. The second kappa shape index (κ2) is 9.31. The van der Waals surface area contributed by atoms with E-state index in [0.29, 0.717) is 19.6 Å². The molecule has 6 nitrogen and oxygen atoms in total. The van der Waals surface area contributed by atoms with Gasteiger partial charge in [0.25, 0.3) is 0 Å². The van der Waals surface area contributed by atoms with E-state index in [-0.39, 0.29) is 56.9 Å². The number of benzene rings is 1. The van der Waals surface area contributed by atoms with Crippen molar-refractivity contribution in [2.24, 2.45) is 0 Å². The standard InChI is InChI=1S/C17H17N3O3.K/c21-17(22)14-5-3-13(4-6-14)10-20-11-15(19-12-20)8-18-9-16-2-1-7-23-16;/h1-7,11-12,18H,8-10H2,(H,21,22);/q;+1/p-1. The van der Waals surface area contributed by atoms with Crippen molar-refractivity contribution < 1.29 is 65.7 Å². The van der Waals surface area contributed by atoms with E-state index in [4.69, 9.17) is 4.42 Å². The zero-order valence-electron chi connectivity index (χ0n) is 13.4. The number of hydrogen-bond acceptors (Lipinski definition) is 5. The molecule has 0 fully saturated rings. The molecule has 0 aliphatic heterocycles. The van der Waals surface area contributed by atoms with E-state index in [9.17, 15) is 9.90 Å². The molecule has 0 saturated heterocycles. The molecule has 7 heteroatoms. The molecular formula is C17H16KN3O3. The number of carbonyl (C=O) groups excluding carboxylic acids is 1. The molecule has 1 N–H and O–H groups in total. The van der Waals surface area contributed by atoms with Gasteiger partial charge in [0.05, 0.1) is 30.8 Å². The predicted molar refractivity (Wildman–Crippen MR) is 81.4 cm³/mol. The number of hydrogen-bond donors (Lipinski definition) is 1. The van der Waals surface area contributed by atoms with Crippen molar-refractivity contribution >= 4 is 5.97 Å². The van der Waals surface area contributed by atoms with Gasteiger partial charge in [0, 0.05) is 19.3 Å². The first kappa shape index (κ1) is 19.1. The number of imidazole rings is 1. The fourth-order valence-electron chi connectivity index (χ4n) is 2.27. The van der Waals surface area contributed by atoms with Crippen molar-refractivity contribution in [2.75, 3.05) is 0 Å². The first-order valence-electron chi connectivity index (χ1n) is 7.25. The second-order valence-corrected chi connectivity index (χ2v) is 5.20. The number of carboxylic acids is 1. The molecule has 3 rings (SSSR count). The minimum atomic E-state index is -1.16. The fourth-order valence-corrected chi connectivity index (χ4v) is 2.27. The summed E-state index contributed by atoms with van der Waals surface area (Å²) in [6.45, 7) is 1.94. The number of aromatic nitrogens is 2. The van der Waals surface area contributed by atoms with Crippen LogP contribution in [0.1, 0.15) is 27.4 Å². The van der Waals surface area contributed by atoms with Gasteiger partial charge >= 0.3 is 51.4 Å². The van der Waals surface area contributed by atoms with E-state index in [1.54, 1.807) is 36.9 Å². The Hall–Kier alpha value is -1.22. The molecule has 0 saturated carbocycles. The number of carboxylic acid groups (broad SMARTS) is 1. The molecule has 0 unspecified atom stereocenters. The van der Waals surface area contributed by atoms with Gasteiger partial charge in [0.2, 0.25) is 0 Å². The monoisotopic (exact) mass is 349 g/mol. The molecular weight excluding hydrogens is 333 g/mol. The Morgan fingerprint density at radius 3 is 2.67 bits per heavy atom. The van der Waals surface area contributed by atoms with Crippen LogP contribution in [0.15, 0.2) is 59.6 Å². The second-order valence-electron chi connectivity index (χ2n) is 5.20. The molecule has 3 aromatic rings. The third-order valence-electron chi connectivity index (χ3n) is 3.43. The summed E-state index contributed by atoms with van der Waals surface area (Å²) in [5.74, 6) is -0.276. The van der Waals surface area contributed by atoms with Gasteiger partial charge in [0.15, 0.2) is 0 Å². The van der Waals surface area contributed by atoms with Crippen molar-refractivity contribution in [1.82, 2.24) is 14.9 Å². The molecule has 0 bridgehead atoms. The number of furan rings is 1. The smallest absolute Gasteiger partial charge is 0.545 e. The minimum absolute atomic E-state index is 0. The Balaban J connectivity index is 0.00000208. The summed E-state index contributed by atoms with van der Waals surface area (Å²) in [5.41, 5.74) is 2.12. The van der Waals surface area contributed by atoms with Crippen LogP contribution < -0.4 is 61.8 Å². The molecule has 1 aromatic carbocycles. The van der Waals surface area contributed by atoms with Gasteiger partial charge in [-0.15, -0.1) is 0 Å². The summed E-state index contributed by atoms with van der Waals surface area (Å²) in [6.07, 6.45) is 5.37. The molecule has 0 aliphatic rings. The molecule has 0 aliphatic carbocycles. The Morgan fingerprint density at radius 2 is 2.00 bits per heavy atom. The SMILES string of the molecule is O=C([O-])c1ccc(Cn2cnc(CNCc3ccco3)c2)cc1.[K+]. The van der Waals surface area contributed by atoms with Gasteiger partial charge in [-0.3, -0.25) is 0 Å². The summed E-state index contributed by atoms with van der Waals surface area (Å²) in [4.78, 5) is 15.1. The largest absolute Gasteiger partial charge is 1.00 e. The van der Waals surface area contributed by atoms with Crippen molar-refractivity contribution in [3.05, 3.63) is 77.8 Å². The zero-order valence-corrected chi connectivity index (χ0v) is 16.6. The molecule has 2 heterocycles. The van der Waals surface area contributed by atoms with Crippen LogP contribution in [0.5, 0.6) is 0 Å². The zero-order chi connectivity index (χ0) is 16.1. The van der Waals surface area contributed by atoms with Crippen LogP contribution in [0.3, 0.4) is 0 Å². The maximum Gasteiger partial charge on any atom is 1.00 e. The Labute approximate surface area is 182 Å². The maximum absolute atomic E-state index is 10.7. The number of nitrogens with zero attached hydrogens (tertiary/aromatic N) is 2. The van der Waals surface area contributed by atoms with Crippen LogP contribution in [0.25, 0.3) is 0 Å². The molecule has 0 radical (unpaired) electrons. The quantitative estimate of drug-likeness (QED) is 0.508. The minimum Gasteiger partial charge on any atom is -0.545 e.